The smallest absolute Gasteiger partial charge is 0.153 e. The first kappa shape index (κ1) is 19.4. The van der Waals surface area contributed by atoms with Crippen LogP contribution in [0.4, 0.5) is 5.82 Å². The molecular weight excluding hydrogens is 393 g/mol. The van der Waals surface area contributed by atoms with Crippen molar-refractivity contribution in [3.05, 3.63) is 46.7 Å². The van der Waals surface area contributed by atoms with Crippen molar-refractivity contribution in [2.45, 2.75) is 37.8 Å². The van der Waals surface area contributed by atoms with Gasteiger partial charge in [0.1, 0.15) is 5.69 Å². The van der Waals surface area contributed by atoms with Crippen molar-refractivity contribution < 1.29 is 0 Å². The number of pyridine rings is 1. The minimum absolute atomic E-state index is 0.376. The predicted molar refractivity (Wildman–Crippen MR) is 116 cm³/mol. The number of fused-ring (bicyclic) bond motifs is 1. The van der Waals surface area contributed by atoms with Gasteiger partial charge in [-0.2, -0.15) is 0 Å². The molecule has 0 bridgehead atoms. The van der Waals surface area contributed by atoms with Crippen LogP contribution in [0.25, 0.3) is 22.3 Å². The van der Waals surface area contributed by atoms with Gasteiger partial charge in [-0.05, 0) is 64.0 Å². The highest BCUT2D eigenvalue weighted by Crippen LogP contribution is 2.33. The molecule has 3 aromatic rings. The summed E-state index contributed by atoms with van der Waals surface area (Å²) in [5.41, 5.74) is 3.16. The second-order valence-electron chi connectivity index (χ2n) is 7.53. The zero-order valence-corrected chi connectivity index (χ0v) is 17.5. The van der Waals surface area contributed by atoms with Crippen molar-refractivity contribution in [3.63, 3.8) is 0 Å². The van der Waals surface area contributed by atoms with E-state index in [2.05, 4.69) is 29.3 Å². The number of hydrogen-bond donors (Lipinski definition) is 1. The predicted octanol–water partition coefficient (Wildman–Crippen LogP) is 5.28. The number of aromatic nitrogens is 3. The van der Waals surface area contributed by atoms with E-state index in [-0.39, 0.29) is 0 Å². The zero-order chi connectivity index (χ0) is 19.7. The van der Waals surface area contributed by atoms with E-state index in [1.807, 2.05) is 18.3 Å². The summed E-state index contributed by atoms with van der Waals surface area (Å²) < 4.78 is 0. The van der Waals surface area contributed by atoms with Crippen LogP contribution in [-0.4, -0.2) is 46.0 Å². The molecular formula is C21H23Cl2N5. The van der Waals surface area contributed by atoms with Gasteiger partial charge in [0.15, 0.2) is 5.82 Å². The molecule has 146 valence electrons. The van der Waals surface area contributed by atoms with Crippen molar-refractivity contribution in [2.24, 2.45) is 0 Å². The van der Waals surface area contributed by atoms with Crippen LogP contribution < -0.4 is 5.32 Å². The Morgan fingerprint density at radius 2 is 1.68 bits per heavy atom. The van der Waals surface area contributed by atoms with E-state index in [0.29, 0.717) is 22.1 Å². The lowest BCUT2D eigenvalue weighted by atomic mass is 9.90. The Balaban J connectivity index is 1.70. The average molecular weight is 416 g/mol. The van der Waals surface area contributed by atoms with Crippen LogP contribution in [0, 0.1) is 0 Å². The monoisotopic (exact) mass is 415 g/mol. The van der Waals surface area contributed by atoms with Gasteiger partial charge < -0.3 is 10.2 Å². The lowest BCUT2D eigenvalue weighted by Crippen LogP contribution is -2.36. The standard InChI is InChI=1S/C21H23Cl2N5/c1-28(2)15-7-5-14(6-8-15)25-21-20(13-4-3-9-24-12-13)26-18-10-16(22)17(23)11-19(18)27-21/h3-4,9-12,14-15H,5-8H2,1-2H3,(H,25,27). The molecule has 2 heterocycles. The van der Waals surface area contributed by atoms with Gasteiger partial charge in [-0.1, -0.05) is 23.2 Å². The Hall–Kier alpha value is -1.95. The van der Waals surface area contributed by atoms with E-state index < -0.39 is 0 Å². The minimum atomic E-state index is 0.376. The molecule has 1 aromatic carbocycles. The van der Waals surface area contributed by atoms with Gasteiger partial charge >= 0.3 is 0 Å². The Bertz CT molecular complexity index is 969. The van der Waals surface area contributed by atoms with Gasteiger partial charge in [0.2, 0.25) is 0 Å². The molecule has 0 amide bonds. The van der Waals surface area contributed by atoms with E-state index in [1.54, 1.807) is 18.3 Å². The number of rotatable bonds is 4. The third-order valence-corrected chi connectivity index (χ3v) is 6.13. The topological polar surface area (TPSA) is 53.9 Å². The molecule has 1 saturated carbocycles. The third kappa shape index (κ3) is 4.07. The molecule has 2 aromatic heterocycles. The molecule has 1 N–H and O–H groups in total. The van der Waals surface area contributed by atoms with E-state index >= 15 is 0 Å². The fraction of sp³-hybridized carbons (Fsp3) is 0.381. The normalized spacial score (nSPS) is 19.9. The number of benzene rings is 1. The molecule has 5 nitrogen and oxygen atoms in total. The quantitative estimate of drug-likeness (QED) is 0.627. The first-order valence-corrected chi connectivity index (χ1v) is 10.3. The third-order valence-electron chi connectivity index (χ3n) is 5.41. The van der Waals surface area contributed by atoms with E-state index in [4.69, 9.17) is 33.2 Å². The van der Waals surface area contributed by atoms with Crippen LogP contribution in [0.3, 0.4) is 0 Å². The van der Waals surface area contributed by atoms with Crippen molar-refractivity contribution in [2.75, 3.05) is 19.4 Å². The maximum atomic E-state index is 6.20. The molecule has 7 heteroatoms. The summed E-state index contributed by atoms with van der Waals surface area (Å²) in [5, 5.41) is 4.59. The second kappa shape index (κ2) is 8.19. The molecule has 4 rings (SSSR count). The molecule has 1 aliphatic rings. The van der Waals surface area contributed by atoms with Crippen LogP contribution >= 0.6 is 23.2 Å². The number of halogens is 2. The summed E-state index contributed by atoms with van der Waals surface area (Å²) in [6.45, 7) is 0. The van der Waals surface area contributed by atoms with Gasteiger partial charge in [-0.25, -0.2) is 9.97 Å². The number of hydrogen-bond acceptors (Lipinski definition) is 5. The molecule has 1 fully saturated rings. The SMILES string of the molecule is CN(C)C1CCC(Nc2nc3cc(Cl)c(Cl)cc3nc2-c2cccnc2)CC1. The summed E-state index contributed by atoms with van der Waals surface area (Å²) in [5.74, 6) is 0.771. The number of nitrogens with one attached hydrogen (secondary N) is 1. The molecule has 0 unspecified atom stereocenters. The Kier molecular flexibility index (Phi) is 5.67. The first-order chi connectivity index (χ1) is 13.5. The van der Waals surface area contributed by atoms with Gasteiger partial charge in [0.25, 0.3) is 0 Å². The number of anilines is 1. The Labute approximate surface area is 175 Å². The van der Waals surface area contributed by atoms with Gasteiger partial charge in [-0.3, -0.25) is 4.98 Å². The van der Waals surface area contributed by atoms with E-state index in [9.17, 15) is 0 Å². The van der Waals surface area contributed by atoms with Gasteiger partial charge in [0.05, 0.1) is 21.1 Å². The van der Waals surface area contributed by atoms with Crippen molar-refractivity contribution in [3.8, 4) is 11.3 Å². The molecule has 0 spiro atoms. The van der Waals surface area contributed by atoms with Crippen molar-refractivity contribution in [1.29, 1.82) is 0 Å². The summed E-state index contributed by atoms with van der Waals surface area (Å²) in [6, 6.07) is 8.46. The maximum Gasteiger partial charge on any atom is 0.153 e. The lowest BCUT2D eigenvalue weighted by molar-refractivity contribution is 0.221. The number of nitrogens with zero attached hydrogens (tertiary/aromatic N) is 4. The molecule has 0 atom stereocenters. The molecule has 28 heavy (non-hydrogen) atoms. The minimum Gasteiger partial charge on any atom is -0.366 e. The second-order valence-corrected chi connectivity index (χ2v) is 8.35. The Morgan fingerprint density at radius 3 is 2.29 bits per heavy atom. The molecule has 0 aliphatic heterocycles. The first-order valence-electron chi connectivity index (χ1n) is 9.51. The average Bonchev–Trinajstić information content (AvgIpc) is 2.70. The van der Waals surface area contributed by atoms with Crippen LogP contribution in [0.1, 0.15) is 25.7 Å². The van der Waals surface area contributed by atoms with Gasteiger partial charge in [0, 0.05) is 30.0 Å². The van der Waals surface area contributed by atoms with E-state index in [0.717, 1.165) is 41.0 Å². The largest absolute Gasteiger partial charge is 0.366 e. The van der Waals surface area contributed by atoms with Crippen LogP contribution in [0.2, 0.25) is 10.0 Å². The summed E-state index contributed by atoms with van der Waals surface area (Å²) in [7, 11) is 4.31. The van der Waals surface area contributed by atoms with Gasteiger partial charge in [-0.15, -0.1) is 0 Å². The summed E-state index contributed by atoms with van der Waals surface area (Å²) in [4.78, 5) is 16.2. The fourth-order valence-corrected chi connectivity index (χ4v) is 4.10. The highest BCUT2D eigenvalue weighted by Gasteiger charge is 2.24. The van der Waals surface area contributed by atoms with Crippen molar-refractivity contribution in [1.82, 2.24) is 19.9 Å². The molecule has 0 radical (unpaired) electrons. The van der Waals surface area contributed by atoms with E-state index in [1.165, 1.54) is 12.8 Å². The van der Waals surface area contributed by atoms with Crippen molar-refractivity contribution >= 4 is 40.1 Å². The highest BCUT2D eigenvalue weighted by molar-refractivity contribution is 6.42. The molecule has 0 saturated heterocycles. The highest BCUT2D eigenvalue weighted by atomic mass is 35.5. The van der Waals surface area contributed by atoms with Crippen LogP contribution in [0.15, 0.2) is 36.7 Å². The van der Waals surface area contributed by atoms with Crippen LogP contribution in [-0.2, 0) is 0 Å². The lowest BCUT2D eigenvalue weighted by Gasteiger charge is -2.33. The Morgan fingerprint density at radius 1 is 1.00 bits per heavy atom. The zero-order valence-electron chi connectivity index (χ0n) is 16.0. The summed E-state index contributed by atoms with van der Waals surface area (Å²) >= 11 is 12.4. The summed E-state index contributed by atoms with van der Waals surface area (Å²) in [6.07, 6.45) is 8.13. The maximum absolute atomic E-state index is 6.20. The molecule has 1 aliphatic carbocycles. The van der Waals surface area contributed by atoms with Crippen LogP contribution in [0.5, 0.6) is 0 Å². The fourth-order valence-electron chi connectivity index (χ4n) is 3.79.